The minimum absolute atomic E-state index is 0.436. The van der Waals surface area contributed by atoms with Crippen LogP contribution in [-0.4, -0.2) is 20.5 Å². The molecule has 3 rings (SSSR count). The van der Waals surface area contributed by atoms with Gasteiger partial charge in [0, 0.05) is 41.8 Å². The Balaban J connectivity index is 1.76. The van der Waals surface area contributed by atoms with Crippen LogP contribution in [-0.2, 0) is 6.54 Å². The number of carbonyl (C=O) groups excluding carboxylic acids is 1. The van der Waals surface area contributed by atoms with Gasteiger partial charge >= 0.3 is 0 Å². The van der Waals surface area contributed by atoms with E-state index in [-0.39, 0.29) is 0 Å². The van der Waals surface area contributed by atoms with Crippen LogP contribution in [0.2, 0.25) is 0 Å². The van der Waals surface area contributed by atoms with Crippen molar-refractivity contribution in [3.05, 3.63) is 59.5 Å². The maximum absolute atomic E-state index is 11.1. The second-order valence-electron chi connectivity index (χ2n) is 4.85. The Kier molecular flexibility index (Phi) is 3.27. The van der Waals surface area contributed by atoms with E-state index in [9.17, 15) is 4.79 Å². The van der Waals surface area contributed by atoms with Crippen LogP contribution in [0.25, 0.3) is 5.65 Å². The highest BCUT2D eigenvalue weighted by molar-refractivity contribution is 5.93. The van der Waals surface area contributed by atoms with Gasteiger partial charge in [-0.2, -0.15) is 5.10 Å². The summed E-state index contributed by atoms with van der Waals surface area (Å²) in [6.07, 6.45) is 3.74. The summed E-state index contributed by atoms with van der Waals surface area (Å²) in [4.78, 5) is 15.5. The van der Waals surface area contributed by atoms with E-state index in [2.05, 4.69) is 15.4 Å². The van der Waals surface area contributed by atoms with Crippen LogP contribution in [0.4, 0.5) is 5.69 Å². The van der Waals surface area contributed by atoms with Gasteiger partial charge in [0.05, 0.1) is 5.69 Å². The van der Waals surface area contributed by atoms with Crippen molar-refractivity contribution >= 4 is 17.2 Å². The lowest BCUT2D eigenvalue weighted by Crippen LogP contribution is -2.11. The van der Waals surface area contributed by atoms with E-state index in [1.165, 1.54) is 0 Å². The molecule has 6 nitrogen and oxygen atoms in total. The second kappa shape index (κ2) is 5.24. The summed E-state index contributed by atoms with van der Waals surface area (Å²) >= 11 is 0. The van der Waals surface area contributed by atoms with Gasteiger partial charge in [0.15, 0.2) is 5.65 Å². The van der Waals surface area contributed by atoms with Crippen LogP contribution in [0.1, 0.15) is 21.6 Å². The Morgan fingerprint density at radius 3 is 3.05 bits per heavy atom. The highest BCUT2D eigenvalue weighted by Crippen LogP contribution is 2.12. The number of anilines is 1. The molecule has 6 heteroatoms. The number of benzene rings is 1. The Morgan fingerprint density at radius 1 is 1.38 bits per heavy atom. The molecular weight excluding hydrogens is 266 g/mol. The van der Waals surface area contributed by atoms with Gasteiger partial charge in [0.2, 0.25) is 5.91 Å². The molecule has 1 amide bonds. The Morgan fingerprint density at radius 2 is 2.24 bits per heavy atom. The molecule has 106 valence electrons. The van der Waals surface area contributed by atoms with Crippen molar-refractivity contribution in [3.8, 4) is 0 Å². The van der Waals surface area contributed by atoms with E-state index in [0.29, 0.717) is 12.1 Å². The molecule has 0 unspecified atom stereocenters. The molecule has 0 aliphatic carbocycles. The van der Waals surface area contributed by atoms with Crippen LogP contribution in [0.3, 0.4) is 0 Å². The monoisotopic (exact) mass is 281 g/mol. The zero-order chi connectivity index (χ0) is 14.8. The average molecular weight is 281 g/mol. The van der Waals surface area contributed by atoms with Gasteiger partial charge < -0.3 is 11.1 Å². The molecule has 0 bridgehead atoms. The zero-order valence-electron chi connectivity index (χ0n) is 11.6. The third kappa shape index (κ3) is 2.84. The van der Waals surface area contributed by atoms with Gasteiger partial charge in [-0.05, 0) is 25.1 Å². The van der Waals surface area contributed by atoms with Crippen molar-refractivity contribution in [2.75, 3.05) is 5.32 Å². The summed E-state index contributed by atoms with van der Waals surface area (Å²) in [5.41, 5.74) is 9.34. The standard InChI is InChI=1S/C15H15N5O/c1-10-5-14-18-8-11(9-20(14)19-10)7-17-13-4-2-3-12(6-13)15(16)21/h2-6,8-9,17H,7H2,1H3,(H2,16,21). The third-order valence-electron chi connectivity index (χ3n) is 3.13. The summed E-state index contributed by atoms with van der Waals surface area (Å²) < 4.78 is 1.76. The molecule has 0 fully saturated rings. The molecule has 0 atom stereocenters. The first-order valence-electron chi connectivity index (χ1n) is 6.56. The number of aromatic nitrogens is 3. The van der Waals surface area contributed by atoms with Crippen LogP contribution in [0.15, 0.2) is 42.7 Å². The first kappa shape index (κ1) is 13.1. The van der Waals surface area contributed by atoms with Crippen molar-refractivity contribution in [2.24, 2.45) is 5.73 Å². The molecular formula is C15H15N5O. The number of aryl methyl sites for hydroxylation is 1. The number of rotatable bonds is 4. The van der Waals surface area contributed by atoms with Crippen LogP contribution < -0.4 is 11.1 Å². The van der Waals surface area contributed by atoms with Crippen LogP contribution >= 0.6 is 0 Å². The average Bonchev–Trinajstić information content (AvgIpc) is 2.84. The van der Waals surface area contributed by atoms with Crippen molar-refractivity contribution in [1.29, 1.82) is 0 Å². The summed E-state index contributed by atoms with van der Waals surface area (Å²) in [7, 11) is 0. The van der Waals surface area contributed by atoms with Gasteiger partial charge in [0.25, 0.3) is 0 Å². The molecule has 3 aromatic rings. The Labute approximate surface area is 121 Å². The molecule has 3 N–H and O–H groups in total. The first-order chi connectivity index (χ1) is 10.1. The summed E-state index contributed by atoms with van der Waals surface area (Å²) in [6.45, 7) is 2.52. The number of carbonyl (C=O) groups is 1. The minimum atomic E-state index is -0.436. The number of fused-ring (bicyclic) bond motifs is 1. The molecule has 1 aromatic carbocycles. The molecule has 0 spiro atoms. The number of amides is 1. The summed E-state index contributed by atoms with van der Waals surface area (Å²) in [6, 6.07) is 9.02. The fourth-order valence-electron chi connectivity index (χ4n) is 2.11. The number of nitrogens with two attached hydrogens (primary N) is 1. The van der Waals surface area contributed by atoms with Crippen molar-refractivity contribution in [2.45, 2.75) is 13.5 Å². The zero-order valence-corrected chi connectivity index (χ0v) is 11.6. The second-order valence-corrected chi connectivity index (χ2v) is 4.85. The van der Waals surface area contributed by atoms with E-state index in [1.54, 1.807) is 28.9 Å². The van der Waals surface area contributed by atoms with Gasteiger partial charge in [-0.1, -0.05) is 6.07 Å². The lowest BCUT2D eigenvalue weighted by Gasteiger charge is -2.07. The topological polar surface area (TPSA) is 85.3 Å². The maximum atomic E-state index is 11.1. The van der Waals surface area contributed by atoms with Gasteiger partial charge in [0.1, 0.15) is 0 Å². The van der Waals surface area contributed by atoms with Gasteiger partial charge in [-0.3, -0.25) is 4.79 Å². The highest BCUT2D eigenvalue weighted by Gasteiger charge is 2.03. The molecule has 0 saturated heterocycles. The van der Waals surface area contributed by atoms with Gasteiger partial charge in [-0.15, -0.1) is 0 Å². The van der Waals surface area contributed by atoms with E-state index in [1.807, 2.05) is 25.3 Å². The predicted octanol–water partition coefficient (Wildman–Crippen LogP) is 1.75. The highest BCUT2D eigenvalue weighted by atomic mass is 16.1. The van der Waals surface area contributed by atoms with Crippen molar-refractivity contribution in [3.63, 3.8) is 0 Å². The van der Waals surface area contributed by atoms with E-state index < -0.39 is 5.91 Å². The SMILES string of the molecule is Cc1cc2ncc(CNc3cccc(C(N)=O)c3)cn2n1. The summed E-state index contributed by atoms with van der Waals surface area (Å²) in [5.74, 6) is -0.436. The molecule has 2 aromatic heterocycles. The molecule has 2 heterocycles. The Bertz CT molecular complexity index is 809. The number of nitrogens with one attached hydrogen (secondary N) is 1. The van der Waals surface area contributed by atoms with E-state index >= 15 is 0 Å². The number of hydrogen-bond donors (Lipinski definition) is 2. The fraction of sp³-hybridized carbons (Fsp3) is 0.133. The maximum Gasteiger partial charge on any atom is 0.248 e. The van der Waals surface area contributed by atoms with Crippen LogP contribution in [0.5, 0.6) is 0 Å². The molecule has 0 aliphatic heterocycles. The molecule has 0 radical (unpaired) electrons. The first-order valence-corrected chi connectivity index (χ1v) is 6.56. The van der Waals surface area contributed by atoms with Gasteiger partial charge in [-0.25, -0.2) is 9.50 Å². The Hall–Kier alpha value is -2.89. The predicted molar refractivity (Wildman–Crippen MR) is 80.0 cm³/mol. The minimum Gasteiger partial charge on any atom is -0.381 e. The normalized spacial score (nSPS) is 10.7. The van der Waals surface area contributed by atoms with Crippen LogP contribution in [0, 0.1) is 6.92 Å². The molecule has 0 aliphatic rings. The number of primary amides is 1. The van der Waals surface area contributed by atoms with Crippen molar-refractivity contribution < 1.29 is 4.79 Å². The quantitative estimate of drug-likeness (QED) is 0.763. The molecule has 21 heavy (non-hydrogen) atoms. The lowest BCUT2D eigenvalue weighted by molar-refractivity contribution is 0.100. The third-order valence-corrected chi connectivity index (χ3v) is 3.13. The van der Waals surface area contributed by atoms with Crippen molar-refractivity contribution in [1.82, 2.24) is 14.6 Å². The fourth-order valence-corrected chi connectivity index (χ4v) is 2.11. The number of hydrogen-bond acceptors (Lipinski definition) is 4. The largest absolute Gasteiger partial charge is 0.381 e. The number of nitrogens with zero attached hydrogens (tertiary/aromatic N) is 3. The summed E-state index contributed by atoms with van der Waals surface area (Å²) in [5, 5.41) is 7.57. The molecule has 0 saturated carbocycles. The lowest BCUT2D eigenvalue weighted by atomic mass is 10.2. The van der Waals surface area contributed by atoms with E-state index in [0.717, 1.165) is 22.6 Å². The smallest absolute Gasteiger partial charge is 0.248 e. The van der Waals surface area contributed by atoms with E-state index in [4.69, 9.17) is 5.73 Å².